The molecular weight excluding hydrogens is 936 g/mol. The van der Waals surface area contributed by atoms with Gasteiger partial charge < -0.3 is 9.84 Å². The van der Waals surface area contributed by atoms with Gasteiger partial charge in [0, 0.05) is 92.8 Å². The minimum absolute atomic E-state index is 0.167. The first-order valence-corrected chi connectivity index (χ1v) is 21.4. The highest BCUT2D eigenvalue weighted by Crippen LogP contribution is 2.48. The van der Waals surface area contributed by atoms with Crippen LogP contribution in [0.2, 0.25) is 0 Å². The second-order valence-corrected chi connectivity index (χ2v) is 16.6. The van der Waals surface area contributed by atoms with Gasteiger partial charge in [0.05, 0.1) is 11.2 Å². The summed E-state index contributed by atoms with van der Waals surface area (Å²) in [5.74, 6) is -0.244. The predicted molar refractivity (Wildman–Crippen MR) is 240 cm³/mol. The molecule has 14 nitrogen and oxygen atoms in total. The number of pyridine rings is 2. The molecule has 2 aliphatic carbocycles. The first-order chi connectivity index (χ1) is 30.9. The molecule has 64 heavy (non-hydrogen) atoms. The van der Waals surface area contributed by atoms with Gasteiger partial charge >= 0.3 is 5.97 Å². The number of ether oxygens (including phenoxy) is 1. The highest BCUT2D eigenvalue weighted by molar-refractivity contribution is 14.1. The van der Waals surface area contributed by atoms with E-state index in [-0.39, 0.29) is 53.2 Å². The third-order valence-corrected chi connectivity index (χ3v) is 12.4. The summed E-state index contributed by atoms with van der Waals surface area (Å²) in [6.45, 7) is 2.68. The molecule has 0 saturated heterocycles. The summed E-state index contributed by atoms with van der Waals surface area (Å²) in [5.41, 5.74) is 2.52. The zero-order valence-electron chi connectivity index (χ0n) is 34.2. The van der Waals surface area contributed by atoms with E-state index >= 15 is 0 Å². The van der Waals surface area contributed by atoms with Gasteiger partial charge in [0.25, 0.3) is 0 Å². The number of aliphatic hydroxyl groups is 1. The number of benzene rings is 2. The normalized spacial score (nSPS) is 20.8. The largest absolute Gasteiger partial charge is 0.451 e. The van der Waals surface area contributed by atoms with Crippen molar-refractivity contribution in [1.29, 1.82) is 0 Å². The molecule has 4 aromatic heterocycles. The molecule has 3 aliphatic rings. The topological polar surface area (TPSA) is 199 Å². The molecule has 2 saturated carbocycles. The fraction of sp³-hybridized carbons (Fsp3) is 0.255. The maximum absolute atomic E-state index is 13.9. The van der Waals surface area contributed by atoms with E-state index in [9.17, 15) is 28.3 Å². The van der Waals surface area contributed by atoms with Crippen molar-refractivity contribution < 1.29 is 37.8 Å². The summed E-state index contributed by atoms with van der Waals surface area (Å²) < 4.78 is 34.4. The molecule has 326 valence electrons. The summed E-state index contributed by atoms with van der Waals surface area (Å²) in [6.07, 6.45) is 17.0. The van der Waals surface area contributed by atoms with E-state index < -0.39 is 11.2 Å². The number of fused-ring (bicyclic) bond motifs is 2. The lowest BCUT2D eigenvalue weighted by molar-refractivity contribution is -0.123. The Kier molecular flexibility index (Phi) is 14.3. The van der Waals surface area contributed by atoms with Crippen LogP contribution in [0.4, 0.5) is 20.7 Å². The van der Waals surface area contributed by atoms with Crippen molar-refractivity contribution in [3.05, 3.63) is 149 Å². The molecule has 3 N–H and O–H groups in total. The summed E-state index contributed by atoms with van der Waals surface area (Å²) in [5, 5.41) is 16.5. The van der Waals surface area contributed by atoms with Crippen molar-refractivity contribution in [3.8, 4) is 22.3 Å². The van der Waals surface area contributed by atoms with Gasteiger partial charge in [0.1, 0.15) is 23.2 Å². The minimum Gasteiger partial charge on any atom is -0.451 e. The zero-order valence-corrected chi connectivity index (χ0v) is 36.4. The third kappa shape index (κ3) is 10.2. The number of amides is 2. The second-order valence-electron chi connectivity index (χ2n) is 15.4. The number of esters is 1. The Labute approximate surface area is 380 Å². The fourth-order valence-electron chi connectivity index (χ4n) is 8.22. The van der Waals surface area contributed by atoms with E-state index in [0.717, 1.165) is 14.7 Å². The smallest absolute Gasteiger partial charge is 0.341 e. The van der Waals surface area contributed by atoms with Gasteiger partial charge in [-0.05, 0) is 110 Å². The van der Waals surface area contributed by atoms with Crippen LogP contribution in [-0.2, 0) is 30.3 Å². The maximum atomic E-state index is 13.9. The van der Waals surface area contributed by atoms with Gasteiger partial charge in [-0.3, -0.25) is 30.2 Å². The SMILES string of the molecule is C=[11C]=O.O=C(Nc1ncc(-c2ccccc2F)cn1)C1CCC(O)(c2ccncc2I)CC1.O=C1OC2(CCC(C(=O)Nc3ncc(-c4ccccc4F)cn3)CC2)c2ccncc21. The number of aromatic nitrogens is 6. The Balaban J connectivity index is 0.000000181. The molecule has 0 radical (unpaired) electrons. The number of carbonyl (C=O) groups is 3. The second kappa shape index (κ2) is 20.2. The number of rotatable bonds is 7. The minimum atomic E-state index is -0.936. The first-order valence-electron chi connectivity index (χ1n) is 20.3. The molecule has 0 bridgehead atoms. The van der Waals surface area contributed by atoms with Crippen LogP contribution < -0.4 is 10.6 Å². The molecule has 5 heterocycles. The summed E-state index contributed by atoms with van der Waals surface area (Å²) >= 11 is 2.17. The van der Waals surface area contributed by atoms with Gasteiger partial charge in [-0.2, -0.15) is 0 Å². The van der Waals surface area contributed by atoms with Crippen LogP contribution in [0.1, 0.15) is 72.9 Å². The van der Waals surface area contributed by atoms with Gasteiger partial charge in [0.2, 0.25) is 23.7 Å². The van der Waals surface area contributed by atoms with Gasteiger partial charge in [-0.25, -0.2) is 38.3 Å². The molecule has 0 unspecified atom stereocenters. The van der Waals surface area contributed by atoms with Crippen LogP contribution in [0.25, 0.3) is 22.3 Å². The third-order valence-electron chi connectivity index (χ3n) is 11.6. The summed E-state index contributed by atoms with van der Waals surface area (Å²) in [7, 11) is 0. The highest BCUT2D eigenvalue weighted by atomic mass is 127. The average molecular weight is 978 g/mol. The number of hydrogen-bond acceptors (Lipinski definition) is 12. The molecule has 2 fully saturated rings. The Morgan fingerprint density at radius 2 is 1.12 bits per heavy atom. The van der Waals surface area contributed by atoms with Crippen molar-refractivity contribution in [3.63, 3.8) is 0 Å². The number of hydrogen-bond donors (Lipinski definition) is 3. The van der Waals surface area contributed by atoms with E-state index in [1.54, 1.807) is 55.0 Å². The Hall–Kier alpha value is -6.69. The maximum Gasteiger partial charge on any atom is 0.341 e. The van der Waals surface area contributed by atoms with Crippen molar-refractivity contribution in [1.82, 2.24) is 29.9 Å². The van der Waals surface area contributed by atoms with Crippen molar-refractivity contribution >= 4 is 58.2 Å². The quantitative estimate of drug-likeness (QED) is 0.0789. The van der Waals surface area contributed by atoms with E-state index in [0.29, 0.717) is 79.2 Å². The van der Waals surface area contributed by atoms with Crippen LogP contribution in [0, 0.1) is 27.0 Å². The average Bonchev–Trinajstić information content (AvgIpc) is 3.58. The fourth-order valence-corrected chi connectivity index (χ4v) is 9.06. The monoisotopic (exact) mass is 977 g/mol. The Morgan fingerprint density at radius 1 is 0.688 bits per heavy atom. The predicted octanol–water partition coefficient (Wildman–Crippen LogP) is 8.18. The molecular formula is C47H41F2IN8O6. The van der Waals surface area contributed by atoms with Crippen LogP contribution in [0.15, 0.2) is 117 Å². The lowest BCUT2D eigenvalue weighted by Gasteiger charge is -2.36. The first kappa shape index (κ1) is 45.3. The van der Waals surface area contributed by atoms with Crippen LogP contribution in [-0.4, -0.2) is 58.7 Å². The van der Waals surface area contributed by atoms with Crippen LogP contribution in [0.5, 0.6) is 0 Å². The van der Waals surface area contributed by atoms with E-state index in [1.165, 1.54) is 49.1 Å². The summed E-state index contributed by atoms with van der Waals surface area (Å²) in [6, 6.07) is 16.4. The van der Waals surface area contributed by atoms with E-state index in [4.69, 9.17) is 9.53 Å². The van der Waals surface area contributed by atoms with Gasteiger partial charge in [-0.15, -0.1) is 0 Å². The lowest BCUT2D eigenvalue weighted by Crippen LogP contribution is -2.36. The molecule has 1 spiro atoms. The molecule has 2 aromatic carbocycles. The molecule has 9 rings (SSSR count). The van der Waals surface area contributed by atoms with E-state index in [1.807, 2.05) is 12.1 Å². The number of halogens is 3. The van der Waals surface area contributed by atoms with Crippen LogP contribution in [0.3, 0.4) is 0 Å². The zero-order chi connectivity index (χ0) is 45.3. The molecule has 6 aromatic rings. The molecule has 17 heteroatoms. The molecule has 1 aliphatic heterocycles. The van der Waals surface area contributed by atoms with Gasteiger partial charge in [-0.1, -0.05) is 36.4 Å². The lowest BCUT2D eigenvalue weighted by atomic mass is 9.75. The Morgan fingerprint density at radius 3 is 1.59 bits per heavy atom. The molecule has 2 amide bonds. The number of carbonyl (C=O) groups excluding carboxylic acids is 4. The number of anilines is 2. The van der Waals surface area contributed by atoms with Gasteiger partial charge in [0.15, 0.2) is 0 Å². The number of nitrogens with one attached hydrogen (secondary N) is 2. The number of nitrogens with zero attached hydrogens (tertiary/aromatic N) is 6. The van der Waals surface area contributed by atoms with Crippen molar-refractivity contribution in [2.75, 3.05) is 10.6 Å². The van der Waals surface area contributed by atoms with Crippen LogP contribution >= 0.6 is 22.6 Å². The van der Waals surface area contributed by atoms with E-state index in [2.05, 4.69) is 69.7 Å². The summed E-state index contributed by atoms with van der Waals surface area (Å²) in [4.78, 5) is 70.8. The Bertz CT molecular complexity index is 2670. The molecule has 0 atom stereocenters. The van der Waals surface area contributed by atoms with Crippen molar-refractivity contribution in [2.45, 2.75) is 62.6 Å². The van der Waals surface area contributed by atoms with Crippen molar-refractivity contribution in [2.24, 2.45) is 11.8 Å². The standard InChI is InChI=1S/C23H19FN4O3.C22H20FIN4O2.C2H2O/c24-19-4-2-1-3-16(19)15-11-26-22(27-12-15)28-20(29)14-5-8-23(9-6-14)18-7-10-25-13-17(18)21(30)31-23;23-18-4-2-1-3-16(18)15-11-26-21(27-12-15)28-20(29)14-5-8-22(30,9-6-14)17-7-10-25-13-19(17)24;1-2-3/h1-4,7,10-14H,5-6,8-9H2,(H,26,27,28,29);1-4,7,10-14,30H,5-6,8-9H2,(H,26,27,28,29);1H2/i;;2-1. The highest BCUT2D eigenvalue weighted by Gasteiger charge is 2.48.